The minimum atomic E-state index is 0.0357. The van der Waals surface area contributed by atoms with Gasteiger partial charge in [-0.15, -0.1) is 11.3 Å². The van der Waals surface area contributed by atoms with E-state index in [0.29, 0.717) is 6.54 Å². The quantitative estimate of drug-likeness (QED) is 0.831. The van der Waals surface area contributed by atoms with E-state index in [-0.39, 0.29) is 6.03 Å². The summed E-state index contributed by atoms with van der Waals surface area (Å²) in [6.07, 6.45) is 3.50. The zero-order chi connectivity index (χ0) is 12.5. The van der Waals surface area contributed by atoms with E-state index in [1.807, 2.05) is 35.4 Å². The van der Waals surface area contributed by atoms with Crippen molar-refractivity contribution >= 4 is 28.1 Å². The molecule has 0 unspecified atom stereocenters. The van der Waals surface area contributed by atoms with Crippen molar-refractivity contribution in [3.63, 3.8) is 0 Å². The summed E-state index contributed by atoms with van der Waals surface area (Å²) in [5, 5.41) is 2.99. The Bertz CT molecular complexity index is 567. The molecule has 3 rings (SSSR count). The lowest BCUT2D eigenvalue weighted by Crippen LogP contribution is -2.31. The number of hydrogen-bond donors (Lipinski definition) is 0. The number of nitrogens with zero attached hydrogens (tertiary/aromatic N) is 3. The molecule has 0 radical (unpaired) electrons. The number of carbonyl (C=O) groups is 1. The lowest BCUT2D eigenvalue weighted by molar-refractivity contribution is 0.256. The minimum absolute atomic E-state index is 0.0357. The average molecular weight is 259 g/mol. The van der Waals surface area contributed by atoms with Crippen molar-refractivity contribution in [2.75, 3.05) is 22.9 Å². The lowest BCUT2D eigenvalue weighted by atomic mass is 10.2. The van der Waals surface area contributed by atoms with Crippen LogP contribution >= 0.6 is 11.3 Å². The van der Waals surface area contributed by atoms with E-state index in [0.717, 1.165) is 22.8 Å². The number of carbonyl (C=O) groups excluding carboxylic acids is 1. The number of pyridine rings is 1. The van der Waals surface area contributed by atoms with Crippen molar-refractivity contribution in [3.05, 3.63) is 41.5 Å². The molecule has 0 spiro atoms. The summed E-state index contributed by atoms with van der Waals surface area (Å²) in [5.41, 5.74) is 1.98. The van der Waals surface area contributed by atoms with Gasteiger partial charge in [-0.3, -0.25) is 14.8 Å². The highest BCUT2D eigenvalue weighted by atomic mass is 32.1. The molecule has 0 bridgehead atoms. The normalized spacial score (nSPS) is 15.5. The Morgan fingerprint density at radius 1 is 1.28 bits per heavy atom. The summed E-state index contributed by atoms with van der Waals surface area (Å²) in [5.74, 6) is 0. The van der Waals surface area contributed by atoms with E-state index >= 15 is 0 Å². The molecule has 3 heterocycles. The molecule has 1 fully saturated rings. The van der Waals surface area contributed by atoms with Gasteiger partial charge in [0.15, 0.2) is 0 Å². The first-order valence-corrected chi connectivity index (χ1v) is 6.68. The SMILES string of the molecule is Cc1ccncc1N1CCN(c2cccs2)C1=O. The Hall–Kier alpha value is -1.88. The van der Waals surface area contributed by atoms with Crippen LogP contribution in [-0.2, 0) is 0 Å². The third-order valence-corrected chi connectivity index (χ3v) is 3.97. The van der Waals surface area contributed by atoms with E-state index in [9.17, 15) is 4.79 Å². The van der Waals surface area contributed by atoms with Gasteiger partial charge in [0.25, 0.3) is 0 Å². The molecule has 0 saturated carbocycles. The van der Waals surface area contributed by atoms with Crippen molar-refractivity contribution < 1.29 is 4.79 Å². The van der Waals surface area contributed by atoms with Crippen LogP contribution < -0.4 is 9.80 Å². The van der Waals surface area contributed by atoms with Crippen LogP contribution in [0.3, 0.4) is 0 Å². The summed E-state index contributed by atoms with van der Waals surface area (Å²) in [6.45, 7) is 3.44. The molecule has 2 aromatic rings. The van der Waals surface area contributed by atoms with E-state index in [1.54, 1.807) is 28.6 Å². The van der Waals surface area contributed by atoms with E-state index < -0.39 is 0 Å². The van der Waals surface area contributed by atoms with Crippen LogP contribution in [0.15, 0.2) is 36.0 Å². The molecule has 1 aliphatic rings. The van der Waals surface area contributed by atoms with Crippen LogP contribution in [0.25, 0.3) is 0 Å². The lowest BCUT2D eigenvalue weighted by Gasteiger charge is -2.18. The fraction of sp³-hybridized carbons (Fsp3) is 0.231. The standard InChI is InChI=1S/C13H13N3OS/c1-10-4-5-14-9-11(10)15-6-7-16(13(15)17)12-3-2-8-18-12/h2-5,8-9H,6-7H2,1H3. The zero-order valence-electron chi connectivity index (χ0n) is 10.0. The topological polar surface area (TPSA) is 36.4 Å². The summed E-state index contributed by atoms with van der Waals surface area (Å²) >= 11 is 1.59. The van der Waals surface area contributed by atoms with Gasteiger partial charge in [0.05, 0.1) is 16.9 Å². The predicted octanol–water partition coefficient (Wildman–Crippen LogP) is 2.90. The molecule has 2 aromatic heterocycles. The van der Waals surface area contributed by atoms with Gasteiger partial charge >= 0.3 is 6.03 Å². The molecule has 0 N–H and O–H groups in total. The fourth-order valence-electron chi connectivity index (χ4n) is 2.13. The van der Waals surface area contributed by atoms with E-state index in [1.165, 1.54) is 0 Å². The number of thiophene rings is 1. The maximum atomic E-state index is 12.4. The van der Waals surface area contributed by atoms with Crippen molar-refractivity contribution in [1.82, 2.24) is 4.98 Å². The van der Waals surface area contributed by atoms with Gasteiger partial charge in [-0.25, -0.2) is 4.79 Å². The van der Waals surface area contributed by atoms with Crippen molar-refractivity contribution in [2.45, 2.75) is 6.92 Å². The Labute approximate surface area is 109 Å². The molecular weight excluding hydrogens is 246 g/mol. The monoisotopic (exact) mass is 259 g/mol. The van der Waals surface area contributed by atoms with E-state index in [2.05, 4.69) is 4.98 Å². The molecule has 0 atom stereocenters. The van der Waals surface area contributed by atoms with Gasteiger partial charge in [0.2, 0.25) is 0 Å². The molecule has 0 aromatic carbocycles. The van der Waals surface area contributed by atoms with Crippen LogP contribution in [0.2, 0.25) is 0 Å². The van der Waals surface area contributed by atoms with Gasteiger partial charge in [0.1, 0.15) is 0 Å². The fourth-order valence-corrected chi connectivity index (χ4v) is 2.88. The highest BCUT2D eigenvalue weighted by Gasteiger charge is 2.31. The Morgan fingerprint density at radius 3 is 2.83 bits per heavy atom. The minimum Gasteiger partial charge on any atom is -0.290 e. The molecule has 1 aliphatic heterocycles. The van der Waals surface area contributed by atoms with Crippen LogP contribution in [0.1, 0.15) is 5.56 Å². The van der Waals surface area contributed by atoms with Crippen LogP contribution in [0.5, 0.6) is 0 Å². The van der Waals surface area contributed by atoms with Gasteiger partial charge < -0.3 is 0 Å². The van der Waals surface area contributed by atoms with E-state index in [4.69, 9.17) is 0 Å². The molecule has 5 heteroatoms. The highest BCUT2D eigenvalue weighted by molar-refractivity contribution is 7.14. The molecule has 0 aliphatic carbocycles. The van der Waals surface area contributed by atoms with Crippen molar-refractivity contribution in [2.24, 2.45) is 0 Å². The molecular formula is C13H13N3OS. The first-order chi connectivity index (χ1) is 8.77. The summed E-state index contributed by atoms with van der Waals surface area (Å²) in [7, 11) is 0. The Kier molecular flexibility index (Phi) is 2.76. The molecule has 4 nitrogen and oxygen atoms in total. The molecule has 18 heavy (non-hydrogen) atoms. The van der Waals surface area contributed by atoms with Crippen molar-refractivity contribution in [1.29, 1.82) is 0 Å². The van der Waals surface area contributed by atoms with Gasteiger partial charge in [-0.2, -0.15) is 0 Å². The third kappa shape index (κ3) is 1.76. The number of urea groups is 1. The maximum Gasteiger partial charge on any atom is 0.329 e. The Morgan fingerprint density at radius 2 is 2.11 bits per heavy atom. The smallest absolute Gasteiger partial charge is 0.290 e. The van der Waals surface area contributed by atoms with Crippen molar-refractivity contribution in [3.8, 4) is 0 Å². The Balaban J connectivity index is 1.90. The first-order valence-electron chi connectivity index (χ1n) is 5.80. The molecule has 1 saturated heterocycles. The number of anilines is 2. The van der Waals surface area contributed by atoms with Gasteiger partial charge in [-0.1, -0.05) is 0 Å². The van der Waals surface area contributed by atoms with Crippen LogP contribution in [0, 0.1) is 6.92 Å². The van der Waals surface area contributed by atoms with Gasteiger partial charge in [-0.05, 0) is 36.1 Å². The largest absolute Gasteiger partial charge is 0.329 e. The van der Waals surface area contributed by atoms with Gasteiger partial charge in [0, 0.05) is 19.3 Å². The molecule has 92 valence electrons. The summed E-state index contributed by atoms with van der Waals surface area (Å²) in [6, 6.07) is 5.90. The average Bonchev–Trinajstić information content (AvgIpc) is 2.99. The predicted molar refractivity (Wildman–Crippen MR) is 73.4 cm³/mol. The number of aromatic nitrogens is 1. The zero-order valence-corrected chi connectivity index (χ0v) is 10.9. The second-order valence-corrected chi connectivity index (χ2v) is 5.13. The first kappa shape index (κ1) is 11.2. The second kappa shape index (κ2) is 4.42. The third-order valence-electron chi connectivity index (χ3n) is 3.08. The maximum absolute atomic E-state index is 12.4. The number of hydrogen-bond acceptors (Lipinski definition) is 3. The van der Waals surface area contributed by atoms with Crippen LogP contribution in [-0.4, -0.2) is 24.1 Å². The summed E-state index contributed by atoms with van der Waals surface area (Å²) < 4.78 is 0. The van der Waals surface area contributed by atoms with Crippen LogP contribution in [0.4, 0.5) is 15.5 Å². The highest BCUT2D eigenvalue weighted by Crippen LogP contribution is 2.29. The summed E-state index contributed by atoms with van der Waals surface area (Å²) in [4.78, 5) is 20.1. The molecule has 2 amide bonds. The number of amides is 2. The number of rotatable bonds is 2. The second-order valence-electron chi connectivity index (χ2n) is 4.20. The number of aryl methyl sites for hydroxylation is 1.